The van der Waals surface area contributed by atoms with Crippen molar-refractivity contribution in [2.24, 2.45) is 0 Å². The van der Waals surface area contributed by atoms with Crippen molar-refractivity contribution in [3.63, 3.8) is 0 Å². The molecule has 15 heteroatoms. The van der Waals surface area contributed by atoms with Gasteiger partial charge in [0.2, 0.25) is 0 Å². The number of nitrogens with one attached hydrogen (secondary N) is 3. The summed E-state index contributed by atoms with van der Waals surface area (Å²) in [4.78, 5) is 33.1. The van der Waals surface area contributed by atoms with Crippen molar-refractivity contribution in [2.45, 2.75) is 51.6 Å². The van der Waals surface area contributed by atoms with Crippen LogP contribution in [0.4, 0.5) is 22.7 Å². The average molecular weight is 934 g/mol. The van der Waals surface area contributed by atoms with Crippen molar-refractivity contribution in [1.82, 2.24) is 19.4 Å². The number of anilines is 4. The van der Waals surface area contributed by atoms with Crippen LogP contribution in [-0.4, -0.2) is 108 Å². The Hall–Kier alpha value is -5.77. The molecular weight excluding hydrogens is 868 g/mol. The third-order valence-corrected chi connectivity index (χ3v) is 13.4. The fourth-order valence-corrected chi connectivity index (χ4v) is 9.73. The molecule has 6 aromatic rings. The van der Waals surface area contributed by atoms with Gasteiger partial charge in [-0.25, -0.2) is 0 Å². The minimum Gasteiger partial charge on any atom is -0.497 e. The summed E-state index contributed by atoms with van der Waals surface area (Å²) in [7, 11) is 6.63. The SMILES string of the molecule is COCn1c(=O)c2c(c3ccc(CCl)cc31)NCCC2.COCn1c(=O)c2c(c3ccc(CN4CCN(c5ccc(OC)cc5)CC4)cc31)NCCC2.COc1ccc(N2CCNCC2)cc1. The van der Waals surface area contributed by atoms with E-state index in [-0.39, 0.29) is 24.6 Å². The molecule has 67 heavy (non-hydrogen) atoms. The highest BCUT2D eigenvalue weighted by molar-refractivity contribution is 6.17. The van der Waals surface area contributed by atoms with Crippen LogP contribution in [0.2, 0.25) is 0 Å². The van der Waals surface area contributed by atoms with Crippen LogP contribution in [0.25, 0.3) is 21.8 Å². The molecule has 0 amide bonds. The van der Waals surface area contributed by atoms with E-state index in [0.29, 0.717) is 5.88 Å². The molecule has 0 spiro atoms. The Morgan fingerprint density at radius 3 is 1.48 bits per heavy atom. The Balaban J connectivity index is 0.000000151. The Kier molecular flexibility index (Phi) is 16.2. The second-order valence-electron chi connectivity index (χ2n) is 17.3. The largest absolute Gasteiger partial charge is 0.497 e. The molecule has 2 fully saturated rings. The summed E-state index contributed by atoms with van der Waals surface area (Å²) in [6.07, 6.45) is 3.61. The van der Waals surface area contributed by atoms with Gasteiger partial charge in [-0.3, -0.25) is 23.6 Å². The van der Waals surface area contributed by atoms with E-state index in [9.17, 15) is 9.59 Å². The van der Waals surface area contributed by atoms with Crippen LogP contribution >= 0.6 is 11.6 Å². The third kappa shape index (κ3) is 11.0. The van der Waals surface area contributed by atoms with Crippen molar-refractivity contribution >= 4 is 56.2 Å². The molecule has 4 aliphatic heterocycles. The Morgan fingerprint density at radius 1 is 0.552 bits per heavy atom. The molecule has 0 unspecified atom stereocenters. The summed E-state index contributed by atoms with van der Waals surface area (Å²) in [6, 6.07) is 29.1. The maximum atomic E-state index is 13.1. The maximum absolute atomic E-state index is 13.1. The summed E-state index contributed by atoms with van der Waals surface area (Å²) < 4.78 is 24.4. The predicted molar refractivity (Wildman–Crippen MR) is 272 cm³/mol. The summed E-state index contributed by atoms with van der Waals surface area (Å²) in [5.74, 6) is 2.24. The van der Waals surface area contributed by atoms with Crippen LogP contribution in [0.15, 0.2) is 94.5 Å². The van der Waals surface area contributed by atoms with Gasteiger partial charge in [0, 0.05) is 125 Å². The molecule has 6 heterocycles. The number of hydrogen-bond donors (Lipinski definition) is 3. The van der Waals surface area contributed by atoms with E-state index in [1.807, 2.05) is 42.5 Å². The van der Waals surface area contributed by atoms with Crippen LogP contribution in [0.1, 0.15) is 35.1 Å². The molecule has 14 nitrogen and oxygen atoms in total. The quantitative estimate of drug-likeness (QED) is 0.115. The van der Waals surface area contributed by atoms with E-state index in [0.717, 1.165) is 159 Å². The lowest BCUT2D eigenvalue weighted by atomic mass is 10.00. The van der Waals surface area contributed by atoms with E-state index in [1.54, 1.807) is 37.6 Å². The fourth-order valence-electron chi connectivity index (χ4n) is 9.56. The standard InChI is InChI=1S/C26H32N4O3.C15H17ClN2O2.C11H16N2O/c1-32-18-30-24-16-19(5-10-22(24)25-23(26(30)31)4-3-11-27-25)17-28-12-14-29(15-13-28)20-6-8-21(33-2)9-7-20;1-20-9-18-13-7-10(8-16)4-5-11(13)14-12(15(18)19)3-2-6-17-14;1-14-11-4-2-10(3-5-11)13-8-6-12-7-9-13/h5-10,16,27H,3-4,11-15,17-18H2,1-2H3;4-5,7,17H,2-3,6,8-9H2,1H3;2-5,12H,6-9H2,1H3. The number of pyridine rings is 2. The normalized spacial score (nSPS) is 15.8. The molecular formula is C52H65ClN8O6. The van der Waals surface area contributed by atoms with Crippen LogP contribution in [0, 0.1) is 0 Å². The number of halogens is 1. The van der Waals surface area contributed by atoms with E-state index < -0.39 is 0 Å². The molecule has 0 aliphatic carbocycles. The van der Waals surface area contributed by atoms with Gasteiger partial charge in [-0.1, -0.05) is 24.3 Å². The number of piperazine rings is 2. The van der Waals surface area contributed by atoms with Gasteiger partial charge in [0.25, 0.3) is 11.1 Å². The highest BCUT2D eigenvalue weighted by Gasteiger charge is 2.23. The van der Waals surface area contributed by atoms with Gasteiger partial charge in [0.15, 0.2) is 0 Å². The first kappa shape index (κ1) is 47.7. The number of ether oxygens (including phenoxy) is 4. The summed E-state index contributed by atoms with van der Waals surface area (Å²) in [5.41, 5.74) is 10.4. The molecule has 2 aromatic heterocycles. The Morgan fingerprint density at radius 2 is 1.01 bits per heavy atom. The maximum Gasteiger partial charge on any atom is 0.258 e. The van der Waals surface area contributed by atoms with Gasteiger partial charge in [-0.2, -0.15) is 0 Å². The lowest BCUT2D eigenvalue weighted by Gasteiger charge is -2.36. The zero-order chi connectivity index (χ0) is 46.7. The van der Waals surface area contributed by atoms with Crippen LogP contribution in [-0.2, 0) is 48.2 Å². The third-order valence-electron chi connectivity index (χ3n) is 13.1. The van der Waals surface area contributed by atoms with Crippen molar-refractivity contribution in [3.8, 4) is 11.5 Å². The number of hydrogen-bond acceptors (Lipinski definition) is 12. The molecule has 10 rings (SSSR count). The minimum atomic E-state index is 0.0354. The van der Waals surface area contributed by atoms with E-state index in [4.69, 9.17) is 30.5 Å². The molecule has 3 N–H and O–H groups in total. The van der Waals surface area contributed by atoms with Gasteiger partial charge < -0.3 is 44.7 Å². The molecule has 0 atom stereocenters. The zero-order valence-electron chi connectivity index (χ0n) is 39.4. The molecule has 0 radical (unpaired) electrons. The highest BCUT2D eigenvalue weighted by Crippen LogP contribution is 2.32. The molecule has 4 aliphatic rings. The van der Waals surface area contributed by atoms with Gasteiger partial charge in [0.05, 0.1) is 36.6 Å². The summed E-state index contributed by atoms with van der Waals surface area (Å²) >= 11 is 5.91. The number of aromatic nitrogens is 2. The summed E-state index contributed by atoms with van der Waals surface area (Å²) in [5, 5.41) is 12.3. The van der Waals surface area contributed by atoms with Crippen LogP contribution < -0.4 is 46.3 Å². The van der Waals surface area contributed by atoms with E-state index >= 15 is 0 Å². The first-order chi connectivity index (χ1) is 32.8. The number of rotatable bonds is 11. The number of fused-ring (bicyclic) bond motifs is 6. The smallest absolute Gasteiger partial charge is 0.258 e. The molecule has 2 saturated heterocycles. The van der Waals surface area contributed by atoms with Crippen molar-refractivity contribution in [2.75, 3.05) is 114 Å². The number of methoxy groups -OCH3 is 4. The van der Waals surface area contributed by atoms with Gasteiger partial charge in [-0.05, 0) is 97.5 Å². The molecule has 356 valence electrons. The van der Waals surface area contributed by atoms with E-state index in [1.165, 1.54) is 16.9 Å². The zero-order valence-corrected chi connectivity index (χ0v) is 40.1. The number of alkyl halides is 1. The first-order valence-corrected chi connectivity index (χ1v) is 24.0. The fraction of sp³-hybridized carbons (Fsp3) is 0.423. The second-order valence-corrected chi connectivity index (χ2v) is 17.6. The minimum absolute atomic E-state index is 0.0354. The lowest BCUT2D eigenvalue weighted by molar-refractivity contribution is 0.131. The summed E-state index contributed by atoms with van der Waals surface area (Å²) in [6.45, 7) is 11.5. The molecule has 4 aromatic carbocycles. The van der Waals surface area contributed by atoms with E-state index in [2.05, 4.69) is 73.1 Å². The predicted octanol–water partition coefficient (Wildman–Crippen LogP) is 7.10. The van der Waals surface area contributed by atoms with Gasteiger partial charge >= 0.3 is 0 Å². The molecule has 0 saturated carbocycles. The van der Waals surface area contributed by atoms with Gasteiger partial charge in [-0.15, -0.1) is 11.6 Å². The first-order valence-electron chi connectivity index (χ1n) is 23.4. The lowest BCUT2D eigenvalue weighted by Crippen LogP contribution is -2.45. The van der Waals surface area contributed by atoms with Crippen molar-refractivity contribution in [3.05, 3.63) is 128 Å². The molecule has 0 bridgehead atoms. The average Bonchev–Trinajstić information content (AvgIpc) is 3.39. The number of benzene rings is 4. The topological polar surface area (TPSA) is 127 Å². The van der Waals surface area contributed by atoms with Crippen molar-refractivity contribution < 1.29 is 18.9 Å². The Bertz CT molecular complexity index is 2710. The Labute approximate surface area is 398 Å². The highest BCUT2D eigenvalue weighted by atomic mass is 35.5. The monoisotopic (exact) mass is 932 g/mol. The van der Waals surface area contributed by atoms with Crippen molar-refractivity contribution in [1.29, 1.82) is 0 Å². The second kappa shape index (κ2) is 22.8. The van der Waals surface area contributed by atoms with Crippen LogP contribution in [0.3, 0.4) is 0 Å². The van der Waals surface area contributed by atoms with Gasteiger partial charge in [0.1, 0.15) is 25.0 Å². The van der Waals surface area contributed by atoms with Crippen LogP contribution in [0.5, 0.6) is 11.5 Å². The number of nitrogens with zero attached hydrogens (tertiary/aromatic N) is 5.